The Kier molecular flexibility index (Phi) is 2.12. The van der Waals surface area contributed by atoms with Crippen molar-refractivity contribution in [1.29, 1.82) is 0 Å². The van der Waals surface area contributed by atoms with E-state index in [2.05, 4.69) is 9.80 Å². The number of fused-ring (bicyclic) bond motifs is 1. The minimum Gasteiger partial charge on any atom is -0.326 e. The number of amides is 2. The summed E-state index contributed by atoms with van der Waals surface area (Å²) in [5, 5.41) is 0. The van der Waals surface area contributed by atoms with Crippen LogP contribution in [0.4, 0.5) is 4.79 Å². The van der Waals surface area contributed by atoms with Gasteiger partial charge in [0, 0.05) is 39.3 Å². The van der Waals surface area contributed by atoms with Crippen molar-refractivity contribution in [3.05, 3.63) is 0 Å². The molecule has 15 heavy (non-hydrogen) atoms. The summed E-state index contributed by atoms with van der Waals surface area (Å²) in [5.41, 5.74) is 0. The Morgan fingerprint density at radius 2 is 1.93 bits per heavy atom. The topological polar surface area (TPSA) is 26.8 Å². The third kappa shape index (κ3) is 1.42. The molecule has 1 saturated carbocycles. The van der Waals surface area contributed by atoms with Crippen LogP contribution in [0.3, 0.4) is 0 Å². The monoisotopic (exact) mass is 209 g/mol. The quantitative estimate of drug-likeness (QED) is 0.632. The van der Waals surface area contributed by atoms with Gasteiger partial charge in [-0.15, -0.1) is 0 Å². The highest BCUT2D eigenvalue weighted by Crippen LogP contribution is 2.28. The van der Waals surface area contributed by atoms with E-state index in [9.17, 15) is 4.79 Å². The zero-order chi connectivity index (χ0) is 10.4. The molecule has 84 valence electrons. The number of rotatable bonds is 1. The van der Waals surface area contributed by atoms with Crippen LogP contribution in [0.25, 0.3) is 0 Å². The lowest BCUT2D eigenvalue weighted by molar-refractivity contribution is 0.0558. The molecule has 2 amide bonds. The van der Waals surface area contributed by atoms with Gasteiger partial charge in [-0.2, -0.15) is 0 Å². The summed E-state index contributed by atoms with van der Waals surface area (Å²) in [6, 6.07) is 1.51. The standard InChI is InChI=1S/C11H19N3O/c1-12-7-10-8-13(9-3-2-4-9)5-6-14(10)11(12)15/h9-10H,2-8H2,1H3/t10-/m0/s1. The largest absolute Gasteiger partial charge is 0.326 e. The number of urea groups is 1. The second-order valence-corrected chi connectivity index (χ2v) is 5.09. The van der Waals surface area contributed by atoms with Crippen molar-refractivity contribution in [3.8, 4) is 0 Å². The van der Waals surface area contributed by atoms with Gasteiger partial charge in [0.15, 0.2) is 0 Å². The van der Waals surface area contributed by atoms with Crippen molar-refractivity contribution < 1.29 is 4.79 Å². The predicted octanol–water partition coefficient (Wildman–Crippen LogP) is 0.590. The SMILES string of the molecule is CN1C[C@H]2CN(C3CCC3)CCN2C1=O. The van der Waals surface area contributed by atoms with E-state index in [-0.39, 0.29) is 6.03 Å². The van der Waals surface area contributed by atoms with Gasteiger partial charge < -0.3 is 9.80 Å². The first-order valence-electron chi connectivity index (χ1n) is 6.01. The summed E-state index contributed by atoms with van der Waals surface area (Å²) in [4.78, 5) is 18.2. The highest BCUT2D eigenvalue weighted by atomic mass is 16.2. The molecule has 0 aromatic heterocycles. The fourth-order valence-electron chi connectivity index (χ4n) is 2.98. The molecule has 1 atom stereocenters. The number of carbonyl (C=O) groups is 1. The highest BCUT2D eigenvalue weighted by Gasteiger charge is 2.40. The Morgan fingerprint density at radius 3 is 2.60 bits per heavy atom. The van der Waals surface area contributed by atoms with Crippen molar-refractivity contribution in [3.63, 3.8) is 0 Å². The lowest BCUT2D eigenvalue weighted by Crippen LogP contribution is -2.56. The maximum absolute atomic E-state index is 11.7. The molecule has 3 rings (SSSR count). The molecule has 0 spiro atoms. The number of likely N-dealkylation sites (N-methyl/N-ethyl adjacent to an activating group) is 1. The number of hydrogen-bond donors (Lipinski definition) is 0. The van der Waals surface area contributed by atoms with Gasteiger partial charge in [-0.25, -0.2) is 4.79 Å². The molecule has 2 aliphatic heterocycles. The van der Waals surface area contributed by atoms with Crippen LogP contribution in [-0.2, 0) is 0 Å². The van der Waals surface area contributed by atoms with Crippen LogP contribution in [0.2, 0.25) is 0 Å². The van der Waals surface area contributed by atoms with E-state index in [0.29, 0.717) is 6.04 Å². The van der Waals surface area contributed by atoms with Gasteiger partial charge in [0.2, 0.25) is 0 Å². The van der Waals surface area contributed by atoms with Crippen LogP contribution >= 0.6 is 0 Å². The van der Waals surface area contributed by atoms with Gasteiger partial charge in [-0.3, -0.25) is 4.90 Å². The van der Waals surface area contributed by atoms with Gasteiger partial charge in [0.25, 0.3) is 0 Å². The molecule has 0 N–H and O–H groups in total. The molecule has 3 aliphatic rings. The van der Waals surface area contributed by atoms with Gasteiger partial charge >= 0.3 is 6.03 Å². The van der Waals surface area contributed by atoms with Crippen LogP contribution in [-0.4, -0.2) is 66.0 Å². The minimum absolute atomic E-state index is 0.230. The molecule has 0 bridgehead atoms. The van der Waals surface area contributed by atoms with Gasteiger partial charge in [-0.1, -0.05) is 6.42 Å². The van der Waals surface area contributed by atoms with Crippen molar-refractivity contribution in [2.75, 3.05) is 33.2 Å². The van der Waals surface area contributed by atoms with Crippen LogP contribution in [0.15, 0.2) is 0 Å². The van der Waals surface area contributed by atoms with E-state index in [1.165, 1.54) is 19.3 Å². The fourth-order valence-corrected chi connectivity index (χ4v) is 2.98. The molecule has 1 aliphatic carbocycles. The van der Waals surface area contributed by atoms with Crippen LogP contribution in [0.1, 0.15) is 19.3 Å². The first kappa shape index (κ1) is 9.46. The van der Waals surface area contributed by atoms with E-state index < -0.39 is 0 Å². The second-order valence-electron chi connectivity index (χ2n) is 5.09. The van der Waals surface area contributed by atoms with Crippen molar-refractivity contribution >= 4 is 6.03 Å². The highest BCUT2D eigenvalue weighted by molar-refractivity contribution is 5.77. The second kappa shape index (κ2) is 3.37. The molecule has 0 unspecified atom stereocenters. The lowest BCUT2D eigenvalue weighted by Gasteiger charge is -2.44. The van der Waals surface area contributed by atoms with Crippen LogP contribution in [0, 0.1) is 0 Å². The molecular weight excluding hydrogens is 190 g/mol. The first-order valence-corrected chi connectivity index (χ1v) is 6.01. The minimum atomic E-state index is 0.230. The summed E-state index contributed by atoms with van der Waals surface area (Å²) in [6.07, 6.45) is 4.14. The maximum Gasteiger partial charge on any atom is 0.320 e. The average molecular weight is 209 g/mol. The summed E-state index contributed by atoms with van der Waals surface area (Å²) >= 11 is 0. The predicted molar refractivity (Wildman–Crippen MR) is 57.7 cm³/mol. The van der Waals surface area contributed by atoms with E-state index >= 15 is 0 Å². The Morgan fingerprint density at radius 1 is 1.13 bits per heavy atom. The van der Waals surface area contributed by atoms with E-state index in [0.717, 1.165) is 32.2 Å². The molecule has 2 heterocycles. The van der Waals surface area contributed by atoms with Crippen LogP contribution < -0.4 is 0 Å². The molecule has 3 fully saturated rings. The molecule has 0 aromatic rings. The van der Waals surface area contributed by atoms with Gasteiger partial charge in [0.05, 0.1) is 6.04 Å². The van der Waals surface area contributed by atoms with Crippen molar-refractivity contribution in [2.24, 2.45) is 0 Å². The van der Waals surface area contributed by atoms with Gasteiger partial charge in [0.1, 0.15) is 0 Å². The molecule has 0 radical (unpaired) electrons. The van der Waals surface area contributed by atoms with Crippen molar-refractivity contribution in [1.82, 2.24) is 14.7 Å². The van der Waals surface area contributed by atoms with E-state index in [1.807, 2.05) is 11.9 Å². The molecule has 2 saturated heterocycles. The Balaban J connectivity index is 1.66. The number of hydrogen-bond acceptors (Lipinski definition) is 2. The molecule has 0 aromatic carbocycles. The Labute approximate surface area is 90.8 Å². The lowest BCUT2D eigenvalue weighted by atomic mass is 9.90. The number of piperazine rings is 1. The van der Waals surface area contributed by atoms with Crippen molar-refractivity contribution in [2.45, 2.75) is 31.3 Å². The molecule has 4 nitrogen and oxygen atoms in total. The zero-order valence-corrected chi connectivity index (χ0v) is 9.35. The van der Waals surface area contributed by atoms with E-state index in [1.54, 1.807) is 0 Å². The third-order valence-electron chi connectivity index (χ3n) is 4.16. The Bertz CT molecular complexity index is 277. The average Bonchev–Trinajstić information content (AvgIpc) is 2.40. The zero-order valence-electron chi connectivity index (χ0n) is 9.35. The summed E-state index contributed by atoms with van der Waals surface area (Å²) in [7, 11) is 1.91. The molecular formula is C11H19N3O. The van der Waals surface area contributed by atoms with Crippen LogP contribution in [0.5, 0.6) is 0 Å². The van der Waals surface area contributed by atoms with Gasteiger partial charge in [-0.05, 0) is 12.8 Å². The summed E-state index contributed by atoms with van der Waals surface area (Å²) in [5.74, 6) is 0. The normalized spacial score (nSPS) is 33.1. The van der Waals surface area contributed by atoms with E-state index in [4.69, 9.17) is 0 Å². The third-order valence-corrected chi connectivity index (χ3v) is 4.16. The summed E-state index contributed by atoms with van der Waals surface area (Å²) < 4.78 is 0. The number of nitrogens with zero attached hydrogens (tertiary/aromatic N) is 3. The number of carbonyl (C=O) groups excluding carboxylic acids is 1. The summed E-state index contributed by atoms with van der Waals surface area (Å²) in [6.45, 7) is 4.04. The Hall–Kier alpha value is -0.770. The maximum atomic E-state index is 11.7. The molecule has 4 heteroatoms. The fraction of sp³-hybridized carbons (Fsp3) is 0.909. The first-order chi connectivity index (χ1) is 7.25. The smallest absolute Gasteiger partial charge is 0.320 e.